The zero-order chi connectivity index (χ0) is 13.4. The highest BCUT2D eigenvalue weighted by Crippen LogP contribution is 2.11. The van der Waals surface area contributed by atoms with Crippen molar-refractivity contribution in [3.63, 3.8) is 0 Å². The fraction of sp³-hybridized carbons (Fsp3) is 0.429. The molecule has 4 nitrogen and oxygen atoms in total. The summed E-state index contributed by atoms with van der Waals surface area (Å²) >= 11 is 0. The Kier molecular flexibility index (Phi) is 6.08. The molecule has 0 amide bonds. The highest BCUT2D eigenvalue weighted by Gasteiger charge is 2.02. The Bertz CT molecular complexity index is 427. The molecule has 1 heterocycles. The number of hydrogen-bond donors (Lipinski definition) is 1. The van der Waals surface area contributed by atoms with Gasteiger partial charge in [-0.25, -0.2) is 0 Å². The molecule has 4 heteroatoms. The molecule has 0 spiro atoms. The van der Waals surface area contributed by atoms with Crippen LogP contribution in [-0.2, 0) is 16.1 Å². The summed E-state index contributed by atoms with van der Waals surface area (Å²) in [7, 11) is 0. The monoisotopic (exact) mass is 249 g/mol. The van der Waals surface area contributed by atoms with Crippen LogP contribution in [0.1, 0.15) is 37.9 Å². The number of ether oxygens (including phenoxy) is 1. The number of nitrogens with zero attached hydrogens (tertiary/aromatic N) is 1. The lowest BCUT2D eigenvalue weighted by molar-refractivity contribution is -0.143. The molecule has 1 rings (SSSR count). The van der Waals surface area contributed by atoms with Crippen LogP contribution in [0.25, 0.3) is 6.08 Å². The van der Waals surface area contributed by atoms with Crippen molar-refractivity contribution in [1.82, 2.24) is 4.98 Å². The summed E-state index contributed by atoms with van der Waals surface area (Å²) in [4.78, 5) is 15.4. The lowest BCUT2D eigenvalue weighted by Gasteiger charge is -2.03. The third-order valence-corrected chi connectivity index (χ3v) is 2.45. The number of aliphatic hydroxyl groups excluding tert-OH is 1. The second-order valence-corrected chi connectivity index (χ2v) is 4.04. The van der Waals surface area contributed by atoms with E-state index in [4.69, 9.17) is 9.84 Å². The lowest BCUT2D eigenvalue weighted by Crippen LogP contribution is -2.03. The molecule has 0 bridgehead atoms. The quantitative estimate of drug-likeness (QED) is 0.786. The first kappa shape index (κ1) is 14.4. The topological polar surface area (TPSA) is 59.4 Å². The lowest BCUT2D eigenvalue weighted by atomic mass is 10.1. The van der Waals surface area contributed by atoms with Gasteiger partial charge in [0, 0.05) is 12.6 Å². The molecule has 98 valence electrons. The molecule has 18 heavy (non-hydrogen) atoms. The number of hydrogen-bond acceptors (Lipinski definition) is 4. The Morgan fingerprint density at radius 3 is 2.94 bits per heavy atom. The van der Waals surface area contributed by atoms with Gasteiger partial charge < -0.3 is 9.84 Å². The van der Waals surface area contributed by atoms with Crippen molar-refractivity contribution in [3.05, 3.63) is 35.2 Å². The van der Waals surface area contributed by atoms with Crippen molar-refractivity contribution in [3.8, 4) is 0 Å². The normalized spacial score (nSPS) is 11.4. The largest absolute Gasteiger partial charge is 0.466 e. The maximum atomic E-state index is 11.2. The van der Waals surface area contributed by atoms with E-state index in [1.807, 2.05) is 19.1 Å². The molecule has 0 aliphatic heterocycles. The van der Waals surface area contributed by atoms with Crippen molar-refractivity contribution in [2.75, 3.05) is 6.61 Å². The summed E-state index contributed by atoms with van der Waals surface area (Å²) in [6, 6.07) is 3.60. The van der Waals surface area contributed by atoms with Gasteiger partial charge >= 0.3 is 5.97 Å². The van der Waals surface area contributed by atoms with E-state index in [-0.39, 0.29) is 12.6 Å². The second kappa shape index (κ2) is 7.61. The van der Waals surface area contributed by atoms with Crippen LogP contribution in [0.4, 0.5) is 0 Å². The van der Waals surface area contributed by atoms with Crippen LogP contribution in [0.3, 0.4) is 0 Å². The predicted octanol–water partition coefficient (Wildman–Crippen LogP) is 2.32. The molecule has 0 saturated carbocycles. The van der Waals surface area contributed by atoms with Crippen LogP contribution < -0.4 is 0 Å². The standard InChI is InChI=1S/C14H19NO3/c1-3-18-14(17)5-4-11(2)8-13-9-12(10-16)6-7-15-13/h6-9,16H,3-5,10H2,1-2H3/b11-8+. The molecule has 0 aliphatic rings. The number of carbonyl (C=O) groups is 1. The summed E-state index contributed by atoms with van der Waals surface area (Å²) in [5.74, 6) is -0.178. The number of esters is 1. The van der Waals surface area contributed by atoms with Crippen LogP contribution in [0.15, 0.2) is 23.9 Å². The van der Waals surface area contributed by atoms with Gasteiger partial charge in [-0.15, -0.1) is 0 Å². The molecule has 0 aromatic carbocycles. The molecule has 0 unspecified atom stereocenters. The summed E-state index contributed by atoms with van der Waals surface area (Å²) in [6.45, 7) is 4.17. The first-order valence-corrected chi connectivity index (χ1v) is 6.04. The Balaban J connectivity index is 2.56. The van der Waals surface area contributed by atoms with Crippen LogP contribution in [-0.4, -0.2) is 22.7 Å². The Morgan fingerprint density at radius 1 is 1.50 bits per heavy atom. The van der Waals surface area contributed by atoms with Gasteiger partial charge in [0.05, 0.1) is 18.9 Å². The van der Waals surface area contributed by atoms with Gasteiger partial charge in [-0.2, -0.15) is 0 Å². The van der Waals surface area contributed by atoms with Crippen molar-refractivity contribution in [2.24, 2.45) is 0 Å². The van der Waals surface area contributed by atoms with E-state index in [1.54, 1.807) is 19.2 Å². The third kappa shape index (κ3) is 5.10. The number of pyridine rings is 1. The number of allylic oxidation sites excluding steroid dienone is 1. The summed E-state index contributed by atoms with van der Waals surface area (Å²) in [5.41, 5.74) is 2.68. The van der Waals surface area contributed by atoms with Crippen molar-refractivity contribution in [2.45, 2.75) is 33.3 Å². The first-order valence-electron chi connectivity index (χ1n) is 6.04. The van der Waals surface area contributed by atoms with E-state index in [0.717, 1.165) is 16.8 Å². The zero-order valence-electron chi connectivity index (χ0n) is 10.8. The minimum absolute atomic E-state index is 0.00519. The van der Waals surface area contributed by atoms with E-state index < -0.39 is 0 Å². The van der Waals surface area contributed by atoms with E-state index in [0.29, 0.717) is 19.4 Å². The molecular formula is C14H19NO3. The summed E-state index contributed by atoms with van der Waals surface area (Å²) in [6.07, 6.45) is 4.62. The molecule has 0 aliphatic carbocycles. The molecule has 0 atom stereocenters. The Morgan fingerprint density at radius 2 is 2.28 bits per heavy atom. The SMILES string of the molecule is CCOC(=O)CC/C(C)=C/c1cc(CO)ccn1. The highest BCUT2D eigenvalue weighted by molar-refractivity contribution is 5.70. The van der Waals surface area contributed by atoms with E-state index in [2.05, 4.69) is 4.98 Å². The third-order valence-electron chi connectivity index (χ3n) is 2.45. The fourth-order valence-corrected chi connectivity index (χ4v) is 1.53. The van der Waals surface area contributed by atoms with Gasteiger partial charge in [0.15, 0.2) is 0 Å². The minimum atomic E-state index is -0.178. The molecule has 1 aromatic rings. The van der Waals surface area contributed by atoms with E-state index >= 15 is 0 Å². The van der Waals surface area contributed by atoms with Crippen LogP contribution in [0, 0.1) is 0 Å². The molecule has 1 N–H and O–H groups in total. The van der Waals surface area contributed by atoms with Gasteiger partial charge in [-0.3, -0.25) is 9.78 Å². The van der Waals surface area contributed by atoms with Gasteiger partial charge in [0.25, 0.3) is 0 Å². The number of rotatable bonds is 6. The Hall–Kier alpha value is -1.68. The average Bonchev–Trinajstić information content (AvgIpc) is 2.37. The molecule has 0 fully saturated rings. The molecule has 1 aromatic heterocycles. The molecule has 0 saturated heterocycles. The number of carbonyl (C=O) groups excluding carboxylic acids is 1. The van der Waals surface area contributed by atoms with Gasteiger partial charge in [-0.1, -0.05) is 5.57 Å². The van der Waals surface area contributed by atoms with Crippen molar-refractivity contribution < 1.29 is 14.6 Å². The number of aliphatic hydroxyl groups is 1. The van der Waals surface area contributed by atoms with Gasteiger partial charge in [-0.05, 0) is 44.0 Å². The maximum Gasteiger partial charge on any atom is 0.306 e. The van der Waals surface area contributed by atoms with Crippen LogP contribution in [0.5, 0.6) is 0 Å². The Labute approximate surface area is 107 Å². The fourth-order valence-electron chi connectivity index (χ4n) is 1.53. The zero-order valence-corrected chi connectivity index (χ0v) is 10.8. The second-order valence-electron chi connectivity index (χ2n) is 4.04. The predicted molar refractivity (Wildman–Crippen MR) is 69.7 cm³/mol. The molecular weight excluding hydrogens is 230 g/mol. The highest BCUT2D eigenvalue weighted by atomic mass is 16.5. The molecule has 0 radical (unpaired) electrons. The summed E-state index contributed by atoms with van der Waals surface area (Å²) < 4.78 is 4.86. The summed E-state index contributed by atoms with van der Waals surface area (Å²) in [5, 5.41) is 9.02. The van der Waals surface area contributed by atoms with E-state index in [9.17, 15) is 4.79 Å². The average molecular weight is 249 g/mol. The van der Waals surface area contributed by atoms with Crippen LogP contribution >= 0.6 is 0 Å². The van der Waals surface area contributed by atoms with Gasteiger partial charge in [0.2, 0.25) is 0 Å². The van der Waals surface area contributed by atoms with Gasteiger partial charge in [0.1, 0.15) is 0 Å². The van der Waals surface area contributed by atoms with Crippen LogP contribution in [0.2, 0.25) is 0 Å². The maximum absolute atomic E-state index is 11.2. The van der Waals surface area contributed by atoms with Crippen molar-refractivity contribution >= 4 is 12.0 Å². The first-order chi connectivity index (χ1) is 8.65. The van der Waals surface area contributed by atoms with E-state index in [1.165, 1.54) is 0 Å². The minimum Gasteiger partial charge on any atom is -0.466 e. The van der Waals surface area contributed by atoms with Crippen molar-refractivity contribution in [1.29, 1.82) is 0 Å². The number of aromatic nitrogens is 1. The smallest absolute Gasteiger partial charge is 0.306 e.